The van der Waals surface area contributed by atoms with Crippen molar-refractivity contribution < 1.29 is 12.8 Å². The monoisotopic (exact) mass is 344 g/mol. The van der Waals surface area contributed by atoms with E-state index in [1.165, 1.54) is 18.2 Å². The normalized spacial score (nSPS) is 11.0. The molecule has 0 radical (unpaired) electrons. The maximum Gasteiger partial charge on any atom is 0.261 e. The smallest absolute Gasteiger partial charge is 0.261 e. The number of hydrogen-bond donors (Lipinski definition) is 1. The van der Waals surface area contributed by atoms with Crippen molar-refractivity contribution in [2.45, 2.75) is 4.90 Å². The Morgan fingerprint density at radius 1 is 1.14 bits per heavy atom. The quantitative estimate of drug-likeness (QED) is 0.920. The van der Waals surface area contributed by atoms with Gasteiger partial charge in [0.1, 0.15) is 11.9 Å². The Morgan fingerprint density at radius 2 is 1.86 bits per heavy atom. The molecule has 0 fully saturated rings. The third-order valence-corrected chi connectivity index (χ3v) is 4.46. The average molecular weight is 345 g/mol. The van der Waals surface area contributed by atoms with Gasteiger partial charge in [0.05, 0.1) is 21.2 Å². The molecule has 0 spiro atoms. The lowest BCUT2D eigenvalue weighted by molar-refractivity contribution is 0.599. The first-order valence-corrected chi connectivity index (χ1v) is 7.75. The van der Waals surface area contributed by atoms with Crippen molar-refractivity contribution in [3.8, 4) is 6.07 Å². The molecule has 0 aliphatic carbocycles. The van der Waals surface area contributed by atoms with Gasteiger partial charge in [0.15, 0.2) is 0 Å². The van der Waals surface area contributed by atoms with Gasteiger partial charge in [-0.15, -0.1) is 0 Å². The topological polar surface area (TPSA) is 70.0 Å². The molecule has 1 N–H and O–H groups in total. The molecule has 2 rings (SSSR count). The highest BCUT2D eigenvalue weighted by Crippen LogP contribution is 2.27. The lowest BCUT2D eigenvalue weighted by Gasteiger charge is -2.10. The van der Waals surface area contributed by atoms with E-state index in [9.17, 15) is 12.8 Å². The summed E-state index contributed by atoms with van der Waals surface area (Å²) in [5.41, 5.74) is -0.232. The van der Waals surface area contributed by atoms with Crippen molar-refractivity contribution in [3.63, 3.8) is 0 Å². The molecule has 0 saturated heterocycles. The number of halogens is 3. The zero-order valence-corrected chi connectivity index (χ0v) is 12.6. The van der Waals surface area contributed by atoms with Crippen LogP contribution in [0.5, 0.6) is 0 Å². The summed E-state index contributed by atoms with van der Waals surface area (Å²) in [5, 5.41) is 9.21. The Balaban J connectivity index is 2.41. The number of rotatable bonds is 3. The maximum absolute atomic E-state index is 13.2. The SMILES string of the molecule is N#Cc1cc(S(=O)(=O)Nc2ccc(Cl)cc2Cl)ccc1F. The molecular formula is C13H7Cl2FN2O2S. The van der Waals surface area contributed by atoms with Gasteiger partial charge in [0.2, 0.25) is 0 Å². The van der Waals surface area contributed by atoms with Gasteiger partial charge in [-0.1, -0.05) is 23.2 Å². The van der Waals surface area contributed by atoms with E-state index in [2.05, 4.69) is 4.72 Å². The first-order valence-electron chi connectivity index (χ1n) is 5.51. The van der Waals surface area contributed by atoms with Crippen LogP contribution in [0.1, 0.15) is 5.56 Å². The minimum absolute atomic E-state index is 0.119. The van der Waals surface area contributed by atoms with Crippen molar-refractivity contribution in [2.24, 2.45) is 0 Å². The van der Waals surface area contributed by atoms with E-state index in [0.29, 0.717) is 5.02 Å². The Hall–Kier alpha value is -1.81. The molecule has 0 aromatic heterocycles. The van der Waals surface area contributed by atoms with Crippen LogP contribution >= 0.6 is 23.2 Å². The Morgan fingerprint density at radius 3 is 2.48 bits per heavy atom. The van der Waals surface area contributed by atoms with Crippen molar-refractivity contribution in [1.29, 1.82) is 5.26 Å². The first kappa shape index (κ1) is 15.6. The molecular weight excluding hydrogens is 338 g/mol. The molecule has 0 saturated carbocycles. The second kappa shape index (κ2) is 5.90. The number of hydrogen-bond acceptors (Lipinski definition) is 3. The molecule has 108 valence electrons. The lowest BCUT2D eigenvalue weighted by Crippen LogP contribution is -2.13. The number of nitrogens with one attached hydrogen (secondary N) is 1. The number of nitrogens with zero attached hydrogens (tertiary/aromatic N) is 1. The predicted molar refractivity (Wildman–Crippen MR) is 78.4 cm³/mol. The molecule has 0 atom stereocenters. The van der Waals surface area contributed by atoms with Gasteiger partial charge in [-0.3, -0.25) is 4.72 Å². The van der Waals surface area contributed by atoms with E-state index in [1.54, 1.807) is 6.07 Å². The molecule has 2 aromatic rings. The van der Waals surface area contributed by atoms with Crippen LogP contribution in [0.2, 0.25) is 10.0 Å². The molecule has 0 unspecified atom stereocenters. The zero-order chi connectivity index (χ0) is 15.6. The maximum atomic E-state index is 13.2. The number of benzene rings is 2. The van der Waals surface area contributed by atoms with E-state index in [1.807, 2.05) is 0 Å². The summed E-state index contributed by atoms with van der Waals surface area (Å²) in [4.78, 5) is -0.244. The van der Waals surface area contributed by atoms with Crippen molar-refractivity contribution in [2.75, 3.05) is 4.72 Å². The summed E-state index contributed by atoms with van der Waals surface area (Å²) in [6, 6.07) is 8.75. The first-order chi connectivity index (χ1) is 9.83. The zero-order valence-electron chi connectivity index (χ0n) is 10.3. The molecule has 0 aliphatic rings. The van der Waals surface area contributed by atoms with Crippen LogP contribution in [0.15, 0.2) is 41.3 Å². The van der Waals surface area contributed by atoms with Crippen molar-refractivity contribution >= 4 is 38.9 Å². The lowest BCUT2D eigenvalue weighted by atomic mass is 10.2. The van der Waals surface area contributed by atoms with Crippen molar-refractivity contribution in [3.05, 3.63) is 57.8 Å². The molecule has 4 nitrogen and oxygen atoms in total. The van der Waals surface area contributed by atoms with Crippen LogP contribution in [0.25, 0.3) is 0 Å². The van der Waals surface area contributed by atoms with E-state index in [-0.39, 0.29) is 21.2 Å². The second-order valence-electron chi connectivity index (χ2n) is 3.98. The Kier molecular flexibility index (Phi) is 4.37. The van der Waals surface area contributed by atoms with Crippen LogP contribution in [-0.2, 0) is 10.0 Å². The summed E-state index contributed by atoms with van der Waals surface area (Å²) in [7, 11) is -3.99. The molecule has 0 heterocycles. The highest BCUT2D eigenvalue weighted by atomic mass is 35.5. The van der Waals surface area contributed by atoms with Gasteiger partial charge in [0, 0.05) is 5.02 Å². The van der Waals surface area contributed by atoms with Crippen molar-refractivity contribution in [1.82, 2.24) is 0 Å². The Bertz CT molecular complexity index is 848. The minimum Gasteiger partial charge on any atom is -0.278 e. The van der Waals surface area contributed by atoms with E-state index in [0.717, 1.165) is 18.2 Å². The molecule has 0 bridgehead atoms. The highest BCUT2D eigenvalue weighted by Gasteiger charge is 2.17. The van der Waals surface area contributed by atoms with Crippen LogP contribution in [0, 0.1) is 17.1 Å². The summed E-state index contributed by atoms with van der Waals surface area (Å²) in [5.74, 6) is -0.791. The van der Waals surface area contributed by atoms with Crippen LogP contribution < -0.4 is 4.72 Å². The predicted octanol–water partition coefficient (Wildman–Crippen LogP) is 3.80. The van der Waals surface area contributed by atoms with Gasteiger partial charge in [-0.25, -0.2) is 12.8 Å². The third-order valence-electron chi connectivity index (χ3n) is 2.54. The highest BCUT2D eigenvalue weighted by molar-refractivity contribution is 7.92. The van der Waals surface area contributed by atoms with Gasteiger partial charge < -0.3 is 0 Å². The summed E-state index contributed by atoms with van der Waals surface area (Å²) in [6.07, 6.45) is 0. The number of sulfonamides is 1. The second-order valence-corrected chi connectivity index (χ2v) is 6.51. The summed E-state index contributed by atoms with van der Waals surface area (Å²) in [6.45, 7) is 0. The third kappa shape index (κ3) is 3.45. The average Bonchev–Trinajstić information content (AvgIpc) is 2.42. The van der Waals surface area contributed by atoms with Crippen LogP contribution in [0.3, 0.4) is 0 Å². The van der Waals surface area contributed by atoms with Gasteiger partial charge in [-0.05, 0) is 36.4 Å². The van der Waals surface area contributed by atoms with E-state index in [4.69, 9.17) is 28.5 Å². The standard InChI is InChI=1S/C13H7Cl2FN2O2S/c14-9-1-4-13(11(15)6-9)18-21(19,20)10-2-3-12(16)8(5-10)7-17/h1-6,18H. The fraction of sp³-hybridized carbons (Fsp3) is 0. The van der Waals surface area contributed by atoms with E-state index < -0.39 is 15.8 Å². The number of nitriles is 1. The molecule has 0 aliphatic heterocycles. The van der Waals surface area contributed by atoms with Gasteiger partial charge in [0.25, 0.3) is 10.0 Å². The van der Waals surface area contributed by atoms with Gasteiger partial charge in [-0.2, -0.15) is 5.26 Å². The number of anilines is 1. The molecule has 8 heteroatoms. The molecule has 2 aromatic carbocycles. The van der Waals surface area contributed by atoms with Crippen LogP contribution in [0.4, 0.5) is 10.1 Å². The molecule has 0 amide bonds. The molecule has 21 heavy (non-hydrogen) atoms. The summed E-state index contributed by atoms with van der Waals surface area (Å²) >= 11 is 11.6. The van der Waals surface area contributed by atoms with Gasteiger partial charge >= 0.3 is 0 Å². The van der Waals surface area contributed by atoms with Crippen LogP contribution in [-0.4, -0.2) is 8.42 Å². The Labute approximate surface area is 130 Å². The minimum atomic E-state index is -3.99. The fourth-order valence-corrected chi connectivity index (χ4v) is 3.15. The largest absolute Gasteiger partial charge is 0.278 e. The summed E-state index contributed by atoms with van der Waals surface area (Å²) < 4.78 is 39.8. The van der Waals surface area contributed by atoms with E-state index >= 15 is 0 Å². The fourth-order valence-electron chi connectivity index (χ4n) is 1.53.